The Kier molecular flexibility index (Phi) is 6.88. The lowest BCUT2D eigenvalue weighted by molar-refractivity contribution is 0.0760. The van der Waals surface area contributed by atoms with Crippen LogP contribution in [0.5, 0.6) is 5.75 Å². The fourth-order valence-corrected chi connectivity index (χ4v) is 3.34. The topological polar surface area (TPSA) is 32.8 Å². The van der Waals surface area contributed by atoms with Gasteiger partial charge >= 0.3 is 0 Å². The fraction of sp³-hybridized carbons (Fsp3) is 0.435. The molecule has 27 heavy (non-hydrogen) atoms. The summed E-state index contributed by atoms with van der Waals surface area (Å²) >= 11 is 0. The molecule has 1 heterocycles. The zero-order valence-electron chi connectivity index (χ0n) is 16.4. The molecule has 1 aliphatic heterocycles. The molecule has 0 spiro atoms. The highest BCUT2D eigenvalue weighted by molar-refractivity contribution is 5.94. The van der Waals surface area contributed by atoms with Crippen LogP contribution in [0.1, 0.15) is 36.2 Å². The van der Waals surface area contributed by atoms with Crippen molar-refractivity contribution < 1.29 is 9.53 Å². The standard InChI is InChI=1S/C23H30N2O2/c1-19(2)18-27-22-11-6-10-21(16-22)23(26)25-13-7-12-24(14-15-25)17-20-8-4-3-5-9-20/h3-6,8-11,16,19H,7,12-15,17-18H2,1-2H3. The molecule has 0 unspecified atom stereocenters. The maximum atomic E-state index is 13.0. The second-order valence-corrected chi connectivity index (χ2v) is 7.64. The molecule has 1 saturated heterocycles. The van der Waals surface area contributed by atoms with E-state index in [1.807, 2.05) is 35.2 Å². The molecular weight excluding hydrogens is 336 g/mol. The number of amides is 1. The van der Waals surface area contributed by atoms with Gasteiger partial charge in [-0.15, -0.1) is 0 Å². The molecule has 1 aliphatic rings. The van der Waals surface area contributed by atoms with E-state index in [1.54, 1.807) is 0 Å². The molecule has 0 atom stereocenters. The van der Waals surface area contributed by atoms with E-state index in [2.05, 4.69) is 43.0 Å². The average molecular weight is 367 g/mol. The quantitative estimate of drug-likeness (QED) is 0.773. The third kappa shape index (κ3) is 5.83. The van der Waals surface area contributed by atoms with Crippen LogP contribution < -0.4 is 4.74 Å². The predicted octanol–water partition coefficient (Wildman–Crippen LogP) is 4.07. The molecule has 2 aromatic rings. The maximum Gasteiger partial charge on any atom is 0.254 e. The monoisotopic (exact) mass is 366 g/mol. The van der Waals surface area contributed by atoms with Crippen LogP contribution in [-0.4, -0.2) is 48.5 Å². The van der Waals surface area contributed by atoms with Gasteiger partial charge in [0.05, 0.1) is 6.61 Å². The Balaban J connectivity index is 1.58. The Bertz CT molecular complexity index is 730. The first-order valence-electron chi connectivity index (χ1n) is 9.90. The second kappa shape index (κ2) is 9.56. The van der Waals surface area contributed by atoms with Crippen molar-refractivity contribution in [3.05, 3.63) is 65.7 Å². The minimum atomic E-state index is 0.103. The Hall–Kier alpha value is -2.33. The lowest BCUT2D eigenvalue weighted by Crippen LogP contribution is -2.35. The summed E-state index contributed by atoms with van der Waals surface area (Å²) in [5, 5.41) is 0. The number of rotatable bonds is 6. The normalized spacial score (nSPS) is 15.6. The van der Waals surface area contributed by atoms with E-state index >= 15 is 0 Å². The maximum absolute atomic E-state index is 13.0. The number of benzene rings is 2. The van der Waals surface area contributed by atoms with E-state index in [9.17, 15) is 4.79 Å². The van der Waals surface area contributed by atoms with Crippen molar-refractivity contribution in [3.63, 3.8) is 0 Å². The minimum absolute atomic E-state index is 0.103. The van der Waals surface area contributed by atoms with Crippen molar-refractivity contribution >= 4 is 5.91 Å². The molecule has 4 heteroatoms. The Morgan fingerprint density at radius 1 is 1.00 bits per heavy atom. The van der Waals surface area contributed by atoms with Crippen molar-refractivity contribution in [1.82, 2.24) is 9.80 Å². The largest absolute Gasteiger partial charge is 0.493 e. The van der Waals surface area contributed by atoms with E-state index in [0.29, 0.717) is 18.1 Å². The highest BCUT2D eigenvalue weighted by Crippen LogP contribution is 2.17. The second-order valence-electron chi connectivity index (χ2n) is 7.64. The Morgan fingerprint density at radius 3 is 2.59 bits per heavy atom. The molecule has 144 valence electrons. The molecule has 0 aliphatic carbocycles. The van der Waals surface area contributed by atoms with Crippen LogP contribution in [0.25, 0.3) is 0 Å². The van der Waals surface area contributed by atoms with Gasteiger partial charge < -0.3 is 9.64 Å². The lowest BCUT2D eigenvalue weighted by Gasteiger charge is -2.22. The van der Waals surface area contributed by atoms with Crippen molar-refractivity contribution in [2.75, 3.05) is 32.8 Å². The summed E-state index contributed by atoms with van der Waals surface area (Å²) in [6.07, 6.45) is 1.00. The average Bonchev–Trinajstić information content (AvgIpc) is 2.92. The zero-order valence-corrected chi connectivity index (χ0v) is 16.4. The van der Waals surface area contributed by atoms with E-state index in [0.717, 1.165) is 44.9 Å². The number of carbonyl (C=O) groups excluding carboxylic acids is 1. The zero-order chi connectivity index (χ0) is 19.1. The number of hydrogen-bond donors (Lipinski definition) is 0. The first kappa shape index (κ1) is 19.4. The number of ether oxygens (including phenoxy) is 1. The summed E-state index contributed by atoms with van der Waals surface area (Å²) in [5.74, 6) is 1.34. The summed E-state index contributed by atoms with van der Waals surface area (Å²) in [6.45, 7) is 9.35. The molecular formula is C23H30N2O2. The highest BCUT2D eigenvalue weighted by atomic mass is 16.5. The summed E-state index contributed by atoms with van der Waals surface area (Å²) in [7, 11) is 0. The third-order valence-electron chi connectivity index (χ3n) is 4.79. The molecule has 0 aromatic heterocycles. The van der Waals surface area contributed by atoms with Crippen LogP contribution in [0.4, 0.5) is 0 Å². The van der Waals surface area contributed by atoms with E-state index in [4.69, 9.17) is 4.74 Å². The number of hydrogen-bond acceptors (Lipinski definition) is 3. The van der Waals surface area contributed by atoms with Gasteiger partial charge in [-0.2, -0.15) is 0 Å². The highest BCUT2D eigenvalue weighted by Gasteiger charge is 2.20. The number of carbonyl (C=O) groups is 1. The van der Waals surface area contributed by atoms with Gasteiger partial charge in [0.15, 0.2) is 0 Å². The summed E-state index contributed by atoms with van der Waals surface area (Å²) in [6, 6.07) is 18.1. The molecule has 1 amide bonds. The molecule has 0 N–H and O–H groups in total. The minimum Gasteiger partial charge on any atom is -0.493 e. The number of nitrogens with zero attached hydrogens (tertiary/aromatic N) is 2. The molecule has 2 aromatic carbocycles. The van der Waals surface area contributed by atoms with Gasteiger partial charge in [0.25, 0.3) is 5.91 Å². The first-order valence-corrected chi connectivity index (χ1v) is 9.90. The van der Waals surface area contributed by atoms with Crippen molar-refractivity contribution in [2.45, 2.75) is 26.8 Å². The summed E-state index contributed by atoms with van der Waals surface area (Å²) in [5.41, 5.74) is 2.04. The van der Waals surface area contributed by atoms with Crippen LogP contribution in [-0.2, 0) is 6.54 Å². The van der Waals surface area contributed by atoms with Gasteiger partial charge in [0.1, 0.15) is 5.75 Å². The van der Waals surface area contributed by atoms with E-state index in [-0.39, 0.29) is 5.91 Å². The molecule has 0 bridgehead atoms. The van der Waals surface area contributed by atoms with Crippen molar-refractivity contribution in [1.29, 1.82) is 0 Å². The molecule has 4 nitrogen and oxygen atoms in total. The van der Waals surface area contributed by atoms with Gasteiger partial charge in [-0.1, -0.05) is 50.2 Å². The Morgan fingerprint density at radius 2 is 1.81 bits per heavy atom. The van der Waals surface area contributed by atoms with Gasteiger partial charge in [-0.25, -0.2) is 0 Å². The fourth-order valence-electron chi connectivity index (χ4n) is 3.34. The molecule has 0 saturated carbocycles. The van der Waals surface area contributed by atoms with Crippen LogP contribution in [0.15, 0.2) is 54.6 Å². The molecule has 3 rings (SSSR count). The van der Waals surface area contributed by atoms with Crippen LogP contribution in [0, 0.1) is 5.92 Å². The Labute approximate surface area is 162 Å². The third-order valence-corrected chi connectivity index (χ3v) is 4.79. The first-order chi connectivity index (χ1) is 13.1. The van der Waals surface area contributed by atoms with Gasteiger partial charge in [-0.3, -0.25) is 9.69 Å². The summed E-state index contributed by atoms with van der Waals surface area (Å²) < 4.78 is 5.77. The lowest BCUT2D eigenvalue weighted by atomic mass is 10.2. The van der Waals surface area contributed by atoms with Gasteiger partial charge in [0, 0.05) is 38.3 Å². The van der Waals surface area contributed by atoms with E-state index < -0.39 is 0 Å². The van der Waals surface area contributed by atoms with Crippen molar-refractivity contribution in [3.8, 4) is 5.75 Å². The van der Waals surface area contributed by atoms with Gasteiger partial charge in [0.2, 0.25) is 0 Å². The summed E-state index contributed by atoms with van der Waals surface area (Å²) in [4.78, 5) is 17.4. The van der Waals surface area contributed by atoms with Crippen molar-refractivity contribution in [2.24, 2.45) is 5.92 Å². The van der Waals surface area contributed by atoms with Crippen LogP contribution in [0.2, 0.25) is 0 Å². The predicted molar refractivity (Wildman–Crippen MR) is 109 cm³/mol. The SMILES string of the molecule is CC(C)COc1cccc(C(=O)N2CCCN(Cc3ccccc3)CC2)c1. The molecule has 1 fully saturated rings. The van der Waals surface area contributed by atoms with Crippen LogP contribution in [0.3, 0.4) is 0 Å². The molecule has 0 radical (unpaired) electrons. The van der Waals surface area contributed by atoms with Gasteiger partial charge in [-0.05, 0) is 36.1 Å². The van der Waals surface area contributed by atoms with E-state index in [1.165, 1.54) is 5.56 Å². The smallest absolute Gasteiger partial charge is 0.254 e. The van der Waals surface area contributed by atoms with Crippen LogP contribution >= 0.6 is 0 Å².